The van der Waals surface area contributed by atoms with E-state index >= 15 is 0 Å². The van der Waals surface area contributed by atoms with Crippen LogP contribution < -0.4 is 0 Å². The SMILES string of the molecule is CCO/N=C(\C)c1cc(C)ccc1C. The van der Waals surface area contributed by atoms with Crippen molar-refractivity contribution in [1.29, 1.82) is 0 Å². The third-order valence-corrected chi connectivity index (χ3v) is 2.11. The Morgan fingerprint density at radius 2 is 2.07 bits per heavy atom. The summed E-state index contributed by atoms with van der Waals surface area (Å²) in [4.78, 5) is 5.03. The number of hydrogen-bond acceptors (Lipinski definition) is 2. The second-order valence-corrected chi connectivity index (χ2v) is 3.41. The molecule has 0 radical (unpaired) electrons. The van der Waals surface area contributed by atoms with Crippen molar-refractivity contribution < 1.29 is 4.84 Å². The fraction of sp³-hybridized carbons (Fsp3) is 0.417. The highest BCUT2D eigenvalue weighted by Gasteiger charge is 2.02. The predicted molar refractivity (Wildman–Crippen MR) is 59.8 cm³/mol. The van der Waals surface area contributed by atoms with E-state index < -0.39 is 0 Å². The molecule has 1 aromatic carbocycles. The number of oxime groups is 1. The van der Waals surface area contributed by atoms with Gasteiger partial charge in [-0.1, -0.05) is 22.9 Å². The van der Waals surface area contributed by atoms with E-state index in [1.807, 2.05) is 13.8 Å². The lowest BCUT2D eigenvalue weighted by Crippen LogP contribution is -2.00. The Kier molecular flexibility index (Phi) is 3.69. The summed E-state index contributed by atoms with van der Waals surface area (Å²) in [5.41, 5.74) is 4.58. The predicted octanol–water partition coefficient (Wildman–Crippen LogP) is 3.06. The maximum Gasteiger partial charge on any atom is 0.114 e. The molecule has 0 atom stereocenters. The highest BCUT2D eigenvalue weighted by atomic mass is 16.6. The average molecular weight is 191 g/mol. The summed E-state index contributed by atoms with van der Waals surface area (Å²) in [5.74, 6) is 0. The van der Waals surface area contributed by atoms with Gasteiger partial charge in [-0.3, -0.25) is 0 Å². The molecular weight excluding hydrogens is 174 g/mol. The van der Waals surface area contributed by atoms with E-state index in [0.717, 1.165) is 5.71 Å². The van der Waals surface area contributed by atoms with Crippen molar-refractivity contribution in [2.45, 2.75) is 27.7 Å². The first-order valence-electron chi connectivity index (χ1n) is 4.89. The van der Waals surface area contributed by atoms with Crippen molar-refractivity contribution in [3.05, 3.63) is 34.9 Å². The van der Waals surface area contributed by atoms with Crippen LogP contribution in [0.2, 0.25) is 0 Å². The average Bonchev–Trinajstić information content (AvgIpc) is 2.18. The minimum atomic E-state index is 0.613. The molecular formula is C12H17NO. The molecule has 0 fully saturated rings. The summed E-state index contributed by atoms with van der Waals surface area (Å²) in [6.07, 6.45) is 0. The smallest absolute Gasteiger partial charge is 0.114 e. The maximum absolute atomic E-state index is 5.03. The molecule has 1 rings (SSSR count). The van der Waals surface area contributed by atoms with Crippen LogP contribution in [0.5, 0.6) is 0 Å². The van der Waals surface area contributed by atoms with Crippen LogP contribution in [-0.2, 0) is 4.84 Å². The van der Waals surface area contributed by atoms with Gasteiger partial charge in [0.2, 0.25) is 0 Å². The van der Waals surface area contributed by atoms with Gasteiger partial charge < -0.3 is 4.84 Å². The first-order valence-corrected chi connectivity index (χ1v) is 4.89. The van der Waals surface area contributed by atoms with Crippen LogP contribution >= 0.6 is 0 Å². The van der Waals surface area contributed by atoms with Crippen molar-refractivity contribution in [2.24, 2.45) is 5.16 Å². The van der Waals surface area contributed by atoms with E-state index in [9.17, 15) is 0 Å². The van der Waals surface area contributed by atoms with Gasteiger partial charge in [0.15, 0.2) is 0 Å². The largest absolute Gasteiger partial charge is 0.396 e. The molecule has 0 aromatic heterocycles. The van der Waals surface area contributed by atoms with E-state index in [1.54, 1.807) is 0 Å². The monoisotopic (exact) mass is 191 g/mol. The van der Waals surface area contributed by atoms with Crippen LogP contribution in [0.1, 0.15) is 30.5 Å². The molecule has 0 aliphatic heterocycles. The molecule has 0 unspecified atom stereocenters. The molecule has 0 aliphatic carbocycles. The first kappa shape index (κ1) is 10.8. The summed E-state index contributed by atoms with van der Waals surface area (Å²) in [6.45, 7) is 8.68. The molecule has 0 saturated carbocycles. The van der Waals surface area contributed by atoms with E-state index in [-0.39, 0.29) is 0 Å². The van der Waals surface area contributed by atoms with Crippen LogP contribution in [0.25, 0.3) is 0 Å². The molecule has 1 aromatic rings. The van der Waals surface area contributed by atoms with Gasteiger partial charge in [-0.05, 0) is 39.3 Å². The molecule has 76 valence electrons. The highest BCUT2D eigenvalue weighted by Crippen LogP contribution is 2.11. The van der Waals surface area contributed by atoms with E-state index in [0.29, 0.717) is 6.61 Å². The maximum atomic E-state index is 5.03. The lowest BCUT2D eigenvalue weighted by molar-refractivity contribution is 0.159. The van der Waals surface area contributed by atoms with Crippen LogP contribution in [0, 0.1) is 13.8 Å². The Balaban J connectivity index is 2.99. The third-order valence-electron chi connectivity index (χ3n) is 2.11. The van der Waals surface area contributed by atoms with Gasteiger partial charge >= 0.3 is 0 Å². The zero-order valence-electron chi connectivity index (χ0n) is 9.29. The molecule has 0 saturated heterocycles. The van der Waals surface area contributed by atoms with Crippen LogP contribution in [0.3, 0.4) is 0 Å². The molecule has 0 aliphatic rings. The highest BCUT2D eigenvalue weighted by molar-refractivity contribution is 5.99. The van der Waals surface area contributed by atoms with Crippen molar-refractivity contribution >= 4 is 5.71 Å². The number of nitrogens with zero attached hydrogens (tertiary/aromatic N) is 1. The van der Waals surface area contributed by atoms with Gasteiger partial charge in [-0.2, -0.15) is 0 Å². The standard InChI is InChI=1S/C12H17NO/c1-5-14-13-11(4)12-8-9(2)6-7-10(12)3/h6-8H,5H2,1-4H3/b13-11+. The minimum absolute atomic E-state index is 0.613. The van der Waals surface area contributed by atoms with Gasteiger partial charge in [0, 0.05) is 5.56 Å². The zero-order valence-corrected chi connectivity index (χ0v) is 9.29. The molecule has 2 nitrogen and oxygen atoms in total. The quantitative estimate of drug-likeness (QED) is 0.531. The minimum Gasteiger partial charge on any atom is -0.396 e. The Morgan fingerprint density at radius 3 is 2.71 bits per heavy atom. The van der Waals surface area contributed by atoms with Gasteiger partial charge in [0.25, 0.3) is 0 Å². The van der Waals surface area contributed by atoms with Crippen molar-refractivity contribution in [2.75, 3.05) is 6.61 Å². The molecule has 14 heavy (non-hydrogen) atoms. The summed E-state index contributed by atoms with van der Waals surface area (Å²) < 4.78 is 0. The van der Waals surface area contributed by atoms with E-state index in [1.165, 1.54) is 16.7 Å². The zero-order chi connectivity index (χ0) is 10.6. The van der Waals surface area contributed by atoms with Crippen molar-refractivity contribution in [3.8, 4) is 0 Å². The molecule has 0 heterocycles. The number of benzene rings is 1. The van der Waals surface area contributed by atoms with Gasteiger partial charge in [-0.15, -0.1) is 0 Å². The summed E-state index contributed by atoms with van der Waals surface area (Å²) in [6, 6.07) is 6.34. The molecule has 0 amide bonds. The van der Waals surface area contributed by atoms with E-state index in [2.05, 4.69) is 37.2 Å². The van der Waals surface area contributed by atoms with Gasteiger partial charge in [0.1, 0.15) is 6.61 Å². The fourth-order valence-corrected chi connectivity index (χ4v) is 1.34. The molecule has 0 bridgehead atoms. The Bertz CT molecular complexity index is 342. The van der Waals surface area contributed by atoms with Crippen molar-refractivity contribution in [1.82, 2.24) is 0 Å². The lowest BCUT2D eigenvalue weighted by atomic mass is 10.0. The molecule has 0 spiro atoms. The van der Waals surface area contributed by atoms with Crippen LogP contribution in [0.15, 0.2) is 23.4 Å². The molecule has 0 N–H and O–H groups in total. The van der Waals surface area contributed by atoms with Gasteiger partial charge in [-0.25, -0.2) is 0 Å². The Morgan fingerprint density at radius 1 is 1.36 bits per heavy atom. The van der Waals surface area contributed by atoms with E-state index in [4.69, 9.17) is 4.84 Å². The summed E-state index contributed by atoms with van der Waals surface area (Å²) >= 11 is 0. The topological polar surface area (TPSA) is 21.6 Å². The number of aryl methyl sites for hydroxylation is 2. The second-order valence-electron chi connectivity index (χ2n) is 3.41. The Hall–Kier alpha value is -1.31. The van der Waals surface area contributed by atoms with Crippen molar-refractivity contribution in [3.63, 3.8) is 0 Å². The Labute approximate surface area is 85.6 Å². The lowest BCUT2D eigenvalue weighted by Gasteiger charge is -2.06. The first-order chi connectivity index (χ1) is 6.65. The second kappa shape index (κ2) is 4.80. The number of rotatable bonds is 3. The fourth-order valence-electron chi connectivity index (χ4n) is 1.34. The normalized spacial score (nSPS) is 11.6. The van der Waals surface area contributed by atoms with Gasteiger partial charge in [0.05, 0.1) is 5.71 Å². The summed E-state index contributed by atoms with van der Waals surface area (Å²) in [5, 5.41) is 4.03. The number of hydrogen-bond donors (Lipinski definition) is 0. The molecule has 2 heteroatoms. The third kappa shape index (κ3) is 2.59. The van der Waals surface area contributed by atoms with Crippen LogP contribution in [-0.4, -0.2) is 12.3 Å². The summed E-state index contributed by atoms with van der Waals surface area (Å²) in [7, 11) is 0. The van der Waals surface area contributed by atoms with Crippen LogP contribution in [0.4, 0.5) is 0 Å².